The van der Waals surface area contributed by atoms with E-state index in [2.05, 4.69) is 28.7 Å². The third-order valence-corrected chi connectivity index (χ3v) is 3.26. The van der Waals surface area contributed by atoms with E-state index in [0.717, 1.165) is 12.2 Å². The number of nitrogen functional groups attached to an aromatic ring is 1. The molecule has 0 aliphatic heterocycles. The standard InChI is InChI=1S/C14H20N4O2/c1-9(2)18(4-5-20-3)13-7-12-10(6-11(13)15)14(19)17-8-16-12/h6-9H,4-5,15H2,1-3H3,(H,16,17,19). The lowest BCUT2D eigenvalue weighted by atomic mass is 10.1. The number of hydrogen-bond donors (Lipinski definition) is 2. The van der Waals surface area contributed by atoms with Gasteiger partial charge in [-0.2, -0.15) is 0 Å². The Morgan fingerprint density at radius 1 is 1.45 bits per heavy atom. The molecule has 108 valence electrons. The number of H-pyrrole nitrogens is 1. The second-order valence-corrected chi connectivity index (χ2v) is 4.94. The molecule has 0 radical (unpaired) electrons. The van der Waals surface area contributed by atoms with E-state index in [0.29, 0.717) is 23.2 Å². The average Bonchev–Trinajstić information content (AvgIpc) is 2.40. The van der Waals surface area contributed by atoms with Crippen LogP contribution in [0.4, 0.5) is 11.4 Å². The zero-order chi connectivity index (χ0) is 14.7. The largest absolute Gasteiger partial charge is 0.397 e. The summed E-state index contributed by atoms with van der Waals surface area (Å²) in [5.74, 6) is 0. The van der Waals surface area contributed by atoms with E-state index in [-0.39, 0.29) is 11.6 Å². The number of nitrogens with two attached hydrogens (primary N) is 1. The van der Waals surface area contributed by atoms with Gasteiger partial charge in [0.2, 0.25) is 0 Å². The highest BCUT2D eigenvalue weighted by atomic mass is 16.5. The molecule has 1 aromatic carbocycles. The van der Waals surface area contributed by atoms with Gasteiger partial charge in [0.05, 0.1) is 35.2 Å². The number of anilines is 2. The molecule has 0 bridgehead atoms. The van der Waals surface area contributed by atoms with Gasteiger partial charge in [-0.25, -0.2) is 4.98 Å². The van der Waals surface area contributed by atoms with Crippen LogP contribution >= 0.6 is 0 Å². The topological polar surface area (TPSA) is 84.2 Å². The molecule has 6 heteroatoms. The number of ether oxygens (including phenoxy) is 1. The summed E-state index contributed by atoms with van der Waals surface area (Å²) in [6.07, 6.45) is 1.40. The zero-order valence-corrected chi connectivity index (χ0v) is 12.0. The van der Waals surface area contributed by atoms with Crippen LogP contribution in [0.2, 0.25) is 0 Å². The molecule has 0 saturated heterocycles. The fourth-order valence-electron chi connectivity index (χ4n) is 2.22. The van der Waals surface area contributed by atoms with E-state index in [9.17, 15) is 4.79 Å². The Labute approximate surface area is 117 Å². The Hall–Kier alpha value is -2.08. The Bertz CT molecular complexity index is 651. The van der Waals surface area contributed by atoms with Crippen molar-refractivity contribution in [1.82, 2.24) is 9.97 Å². The smallest absolute Gasteiger partial charge is 0.258 e. The molecule has 1 aromatic heterocycles. The van der Waals surface area contributed by atoms with Crippen LogP contribution in [0.15, 0.2) is 23.3 Å². The number of aromatic nitrogens is 2. The van der Waals surface area contributed by atoms with Crippen LogP contribution in [0.5, 0.6) is 0 Å². The molecule has 0 saturated carbocycles. The molecule has 6 nitrogen and oxygen atoms in total. The molecule has 0 aliphatic carbocycles. The number of fused-ring (bicyclic) bond motifs is 1. The summed E-state index contributed by atoms with van der Waals surface area (Å²) in [6, 6.07) is 3.81. The molecular formula is C14H20N4O2. The molecule has 20 heavy (non-hydrogen) atoms. The lowest BCUT2D eigenvalue weighted by molar-refractivity contribution is 0.204. The highest BCUT2D eigenvalue weighted by Gasteiger charge is 2.15. The molecule has 0 fully saturated rings. The van der Waals surface area contributed by atoms with Gasteiger partial charge >= 0.3 is 0 Å². The van der Waals surface area contributed by atoms with Crippen LogP contribution in [0, 0.1) is 0 Å². The van der Waals surface area contributed by atoms with Crippen molar-refractivity contribution in [2.24, 2.45) is 0 Å². The van der Waals surface area contributed by atoms with Gasteiger partial charge in [-0.1, -0.05) is 0 Å². The monoisotopic (exact) mass is 276 g/mol. The number of nitrogens with one attached hydrogen (secondary N) is 1. The predicted molar refractivity (Wildman–Crippen MR) is 81.1 cm³/mol. The van der Waals surface area contributed by atoms with Crippen molar-refractivity contribution < 1.29 is 4.74 Å². The Morgan fingerprint density at radius 2 is 2.20 bits per heavy atom. The van der Waals surface area contributed by atoms with Gasteiger partial charge in [0.25, 0.3) is 5.56 Å². The van der Waals surface area contributed by atoms with Gasteiger partial charge in [-0.15, -0.1) is 0 Å². The van der Waals surface area contributed by atoms with Gasteiger partial charge in [0.1, 0.15) is 0 Å². The molecule has 3 N–H and O–H groups in total. The van der Waals surface area contributed by atoms with Crippen LogP contribution in [0.25, 0.3) is 10.9 Å². The summed E-state index contributed by atoms with van der Waals surface area (Å²) >= 11 is 0. The third kappa shape index (κ3) is 2.75. The lowest BCUT2D eigenvalue weighted by Crippen LogP contribution is -2.34. The van der Waals surface area contributed by atoms with Crippen LogP contribution in [0.3, 0.4) is 0 Å². The van der Waals surface area contributed by atoms with Gasteiger partial charge < -0.3 is 20.4 Å². The minimum atomic E-state index is -0.179. The fourth-order valence-corrected chi connectivity index (χ4v) is 2.22. The van der Waals surface area contributed by atoms with Crippen molar-refractivity contribution >= 4 is 22.3 Å². The summed E-state index contributed by atoms with van der Waals surface area (Å²) in [7, 11) is 1.67. The minimum Gasteiger partial charge on any atom is -0.397 e. The normalized spacial score (nSPS) is 11.2. The van der Waals surface area contributed by atoms with E-state index in [1.807, 2.05) is 6.07 Å². The zero-order valence-electron chi connectivity index (χ0n) is 12.0. The molecule has 1 heterocycles. The quantitative estimate of drug-likeness (QED) is 0.806. The van der Waals surface area contributed by atoms with E-state index in [4.69, 9.17) is 10.5 Å². The van der Waals surface area contributed by atoms with Crippen LogP contribution in [0.1, 0.15) is 13.8 Å². The summed E-state index contributed by atoms with van der Waals surface area (Å²) < 4.78 is 5.14. The molecule has 0 aliphatic rings. The molecule has 2 rings (SSSR count). The predicted octanol–water partition coefficient (Wildman–Crippen LogP) is 1.37. The number of aromatic amines is 1. The lowest BCUT2D eigenvalue weighted by Gasteiger charge is -2.30. The first-order valence-electron chi connectivity index (χ1n) is 6.57. The Kier molecular flexibility index (Phi) is 4.24. The second kappa shape index (κ2) is 5.92. The Morgan fingerprint density at radius 3 is 2.85 bits per heavy atom. The van der Waals surface area contributed by atoms with Gasteiger partial charge in [0.15, 0.2) is 0 Å². The molecule has 2 aromatic rings. The SMILES string of the molecule is COCCN(c1cc2nc[nH]c(=O)c2cc1N)C(C)C. The molecule has 0 amide bonds. The highest BCUT2D eigenvalue weighted by Crippen LogP contribution is 2.28. The van der Waals surface area contributed by atoms with Crippen LogP contribution in [-0.2, 0) is 4.74 Å². The minimum absolute atomic E-state index is 0.179. The van der Waals surface area contributed by atoms with Crippen molar-refractivity contribution in [1.29, 1.82) is 0 Å². The summed E-state index contributed by atoms with van der Waals surface area (Å²) in [5.41, 5.74) is 8.01. The maximum Gasteiger partial charge on any atom is 0.258 e. The van der Waals surface area contributed by atoms with Crippen molar-refractivity contribution in [2.45, 2.75) is 19.9 Å². The fraction of sp³-hybridized carbons (Fsp3) is 0.429. The first kappa shape index (κ1) is 14.3. The number of nitrogens with zero attached hydrogens (tertiary/aromatic N) is 2. The van der Waals surface area contributed by atoms with Crippen molar-refractivity contribution in [2.75, 3.05) is 30.9 Å². The average molecular weight is 276 g/mol. The van der Waals surface area contributed by atoms with Crippen molar-refractivity contribution in [3.8, 4) is 0 Å². The maximum absolute atomic E-state index is 11.7. The number of methoxy groups -OCH3 is 1. The second-order valence-electron chi connectivity index (χ2n) is 4.94. The highest BCUT2D eigenvalue weighted by molar-refractivity contribution is 5.88. The molecule has 0 unspecified atom stereocenters. The summed E-state index contributed by atoms with van der Waals surface area (Å²) in [4.78, 5) is 20.6. The number of benzene rings is 1. The van der Waals surface area contributed by atoms with E-state index < -0.39 is 0 Å². The van der Waals surface area contributed by atoms with Crippen LogP contribution in [-0.4, -0.2) is 36.3 Å². The van der Waals surface area contributed by atoms with Crippen molar-refractivity contribution in [3.05, 3.63) is 28.8 Å². The van der Waals surface area contributed by atoms with Crippen molar-refractivity contribution in [3.63, 3.8) is 0 Å². The van der Waals surface area contributed by atoms with Crippen LogP contribution < -0.4 is 16.2 Å². The first-order chi connectivity index (χ1) is 9.54. The third-order valence-electron chi connectivity index (χ3n) is 3.26. The Balaban J connectivity index is 2.52. The molecular weight excluding hydrogens is 256 g/mol. The summed E-state index contributed by atoms with van der Waals surface area (Å²) in [6.45, 7) is 5.51. The molecule has 0 atom stereocenters. The number of hydrogen-bond acceptors (Lipinski definition) is 5. The van der Waals surface area contributed by atoms with Gasteiger partial charge in [-0.3, -0.25) is 4.79 Å². The van der Waals surface area contributed by atoms with Gasteiger partial charge in [0, 0.05) is 19.7 Å². The van der Waals surface area contributed by atoms with Gasteiger partial charge in [-0.05, 0) is 26.0 Å². The maximum atomic E-state index is 11.7. The van der Waals surface area contributed by atoms with E-state index in [1.165, 1.54) is 6.33 Å². The number of rotatable bonds is 5. The van der Waals surface area contributed by atoms with E-state index in [1.54, 1.807) is 13.2 Å². The summed E-state index contributed by atoms with van der Waals surface area (Å²) in [5, 5.41) is 0.504. The first-order valence-corrected chi connectivity index (χ1v) is 6.57. The molecule has 0 spiro atoms. The van der Waals surface area contributed by atoms with E-state index >= 15 is 0 Å².